The van der Waals surface area contributed by atoms with Crippen LogP contribution in [-0.4, -0.2) is 70.4 Å². The maximum atomic E-state index is 12.8. The molecule has 9 heteroatoms. The molecule has 2 amide bonds. The lowest BCUT2D eigenvalue weighted by atomic mass is 9.83. The van der Waals surface area contributed by atoms with Gasteiger partial charge >= 0.3 is 0 Å². The molecule has 2 unspecified atom stereocenters. The van der Waals surface area contributed by atoms with Gasteiger partial charge in [0.25, 0.3) is 0 Å². The summed E-state index contributed by atoms with van der Waals surface area (Å²) in [5, 5.41) is 34.4. The third kappa shape index (κ3) is 5.28. The maximum Gasteiger partial charge on any atom is 0.245 e. The fraction of sp³-hybridized carbons (Fsp3) is 0.609. The molecule has 3 rings (SSSR count). The van der Waals surface area contributed by atoms with Gasteiger partial charge in [0.1, 0.15) is 11.8 Å². The smallest absolute Gasteiger partial charge is 0.245 e. The second-order valence-corrected chi connectivity index (χ2v) is 9.09. The summed E-state index contributed by atoms with van der Waals surface area (Å²) in [5.41, 5.74) is 0.456. The van der Waals surface area contributed by atoms with E-state index < -0.39 is 48.5 Å². The van der Waals surface area contributed by atoms with E-state index in [4.69, 9.17) is 4.74 Å². The first-order valence-corrected chi connectivity index (χ1v) is 11.0. The number of hydrogen-bond donors (Lipinski definition) is 5. The quantitative estimate of drug-likeness (QED) is 0.312. The molecule has 1 saturated heterocycles. The highest BCUT2D eigenvalue weighted by Crippen LogP contribution is 2.32. The molecule has 5 N–H and O–H groups in total. The molecular weight excluding hydrogens is 416 g/mol. The number of epoxide rings is 1. The number of amides is 2. The third-order valence-electron chi connectivity index (χ3n) is 6.18. The molecule has 9 nitrogen and oxygen atoms in total. The zero-order chi connectivity index (χ0) is 23.5. The SMILES string of the molecule is CC(C)CC(NC(=O)[C@H](CO)NC(=O)C1CCc2c(O)cccc2C1)C(=O)[C@@]1(CO)CO1. The van der Waals surface area contributed by atoms with Gasteiger partial charge in [0, 0.05) is 5.92 Å². The summed E-state index contributed by atoms with van der Waals surface area (Å²) in [7, 11) is 0. The standard InChI is InChI=1S/C23H32N2O7/c1-13(2)8-17(20(29)23(11-27)12-32-23)24-22(31)18(10-26)25-21(30)15-6-7-16-14(9-15)4-3-5-19(16)28/h3-5,13,15,17-18,26-28H,6-12H2,1-2H3,(H,24,31)(H,25,30)/t15?,17?,18-,23+/m0/s1. The summed E-state index contributed by atoms with van der Waals surface area (Å²) in [6.45, 7) is 2.82. The van der Waals surface area contributed by atoms with Gasteiger partial charge in [-0.1, -0.05) is 26.0 Å². The van der Waals surface area contributed by atoms with Crippen LogP contribution in [0.5, 0.6) is 5.75 Å². The number of phenolic OH excluding ortho intramolecular Hbond substituents is 1. The highest BCUT2D eigenvalue weighted by molar-refractivity contribution is 5.98. The Bertz CT molecular complexity index is 866. The Hall–Kier alpha value is -2.49. The number of fused-ring (bicyclic) bond motifs is 1. The monoisotopic (exact) mass is 448 g/mol. The first-order valence-electron chi connectivity index (χ1n) is 11.0. The van der Waals surface area contributed by atoms with Crippen molar-refractivity contribution in [2.24, 2.45) is 11.8 Å². The van der Waals surface area contributed by atoms with E-state index in [-0.39, 0.29) is 24.2 Å². The minimum absolute atomic E-state index is 0.0830. The van der Waals surface area contributed by atoms with E-state index in [0.717, 1.165) is 11.1 Å². The predicted molar refractivity (Wildman–Crippen MR) is 115 cm³/mol. The number of rotatable bonds is 10. The van der Waals surface area contributed by atoms with Crippen molar-refractivity contribution >= 4 is 17.6 Å². The number of ketones is 1. The van der Waals surface area contributed by atoms with Crippen LogP contribution in [0.3, 0.4) is 0 Å². The third-order valence-corrected chi connectivity index (χ3v) is 6.18. The van der Waals surface area contributed by atoms with Crippen LogP contribution in [0.2, 0.25) is 0 Å². The topological polar surface area (TPSA) is 148 Å². The highest BCUT2D eigenvalue weighted by atomic mass is 16.6. The van der Waals surface area contributed by atoms with E-state index in [9.17, 15) is 29.7 Å². The van der Waals surface area contributed by atoms with Crippen LogP contribution in [0.1, 0.15) is 37.8 Å². The minimum atomic E-state index is -1.27. The lowest BCUT2D eigenvalue weighted by Gasteiger charge is -2.27. The summed E-state index contributed by atoms with van der Waals surface area (Å²) in [4.78, 5) is 38.4. The minimum Gasteiger partial charge on any atom is -0.508 e. The molecule has 2 aliphatic rings. The van der Waals surface area contributed by atoms with Crippen LogP contribution in [0.25, 0.3) is 0 Å². The van der Waals surface area contributed by atoms with E-state index >= 15 is 0 Å². The largest absolute Gasteiger partial charge is 0.508 e. The maximum absolute atomic E-state index is 12.8. The molecule has 4 atom stereocenters. The molecule has 1 aromatic carbocycles. The van der Waals surface area contributed by atoms with Crippen LogP contribution in [-0.2, 0) is 32.0 Å². The molecule has 176 valence electrons. The second-order valence-electron chi connectivity index (χ2n) is 9.09. The Morgan fingerprint density at radius 2 is 1.91 bits per heavy atom. The van der Waals surface area contributed by atoms with Gasteiger partial charge in [-0.15, -0.1) is 0 Å². The number of ether oxygens (including phenoxy) is 1. The van der Waals surface area contributed by atoms with E-state index in [0.29, 0.717) is 25.7 Å². The van der Waals surface area contributed by atoms with Crippen LogP contribution >= 0.6 is 0 Å². The molecule has 0 saturated carbocycles. The zero-order valence-electron chi connectivity index (χ0n) is 18.5. The molecule has 1 aliphatic heterocycles. The number of carbonyl (C=O) groups is 3. The Kier molecular flexibility index (Phi) is 7.53. The molecule has 0 radical (unpaired) electrons. The van der Waals surface area contributed by atoms with E-state index in [1.165, 1.54) is 0 Å². The number of carbonyl (C=O) groups excluding carboxylic acids is 3. The molecule has 0 aromatic heterocycles. The lowest BCUT2D eigenvalue weighted by Crippen LogP contribution is -2.56. The van der Waals surface area contributed by atoms with Crippen molar-refractivity contribution in [3.8, 4) is 5.75 Å². The first-order chi connectivity index (χ1) is 15.2. The van der Waals surface area contributed by atoms with Gasteiger partial charge in [-0.25, -0.2) is 0 Å². The molecule has 1 heterocycles. The number of Topliss-reactive ketones (excluding diaryl/α,β-unsaturated/α-hetero) is 1. The number of aromatic hydroxyl groups is 1. The molecule has 1 fully saturated rings. The van der Waals surface area contributed by atoms with Crippen LogP contribution in [0.4, 0.5) is 0 Å². The van der Waals surface area contributed by atoms with Crippen molar-refractivity contribution in [3.05, 3.63) is 29.3 Å². The molecule has 1 aromatic rings. The van der Waals surface area contributed by atoms with Crippen LogP contribution in [0.15, 0.2) is 18.2 Å². The summed E-state index contributed by atoms with van der Waals surface area (Å²) < 4.78 is 5.13. The van der Waals surface area contributed by atoms with Crippen molar-refractivity contribution in [2.75, 3.05) is 19.8 Å². The fourth-order valence-corrected chi connectivity index (χ4v) is 4.19. The first kappa shape index (κ1) is 24.2. The number of hydrogen-bond acceptors (Lipinski definition) is 7. The summed E-state index contributed by atoms with van der Waals surface area (Å²) >= 11 is 0. The van der Waals surface area contributed by atoms with Crippen molar-refractivity contribution in [1.82, 2.24) is 10.6 Å². The number of phenols is 1. The van der Waals surface area contributed by atoms with E-state index in [1.54, 1.807) is 12.1 Å². The van der Waals surface area contributed by atoms with Crippen molar-refractivity contribution in [2.45, 2.75) is 57.2 Å². The van der Waals surface area contributed by atoms with Gasteiger partial charge in [-0.3, -0.25) is 14.4 Å². The van der Waals surface area contributed by atoms with Gasteiger partial charge in [-0.05, 0) is 48.8 Å². The Morgan fingerprint density at radius 3 is 2.50 bits per heavy atom. The normalized spacial score (nSPS) is 23.7. The summed E-state index contributed by atoms with van der Waals surface area (Å²) in [6.07, 6.45) is 1.83. The summed E-state index contributed by atoms with van der Waals surface area (Å²) in [6, 6.07) is 3.11. The number of benzene rings is 1. The van der Waals surface area contributed by atoms with Gasteiger partial charge in [-0.2, -0.15) is 0 Å². The van der Waals surface area contributed by atoms with Crippen molar-refractivity contribution < 1.29 is 34.4 Å². The number of aliphatic hydroxyl groups excluding tert-OH is 2. The predicted octanol–water partition coefficient (Wildman–Crippen LogP) is -0.164. The second kappa shape index (κ2) is 9.97. The average molecular weight is 449 g/mol. The fourth-order valence-electron chi connectivity index (χ4n) is 4.19. The van der Waals surface area contributed by atoms with Crippen LogP contribution in [0, 0.1) is 11.8 Å². The number of aliphatic hydroxyl groups is 2. The van der Waals surface area contributed by atoms with Crippen molar-refractivity contribution in [1.29, 1.82) is 0 Å². The van der Waals surface area contributed by atoms with Gasteiger partial charge in [0.15, 0.2) is 11.4 Å². The van der Waals surface area contributed by atoms with Gasteiger partial charge in [0.05, 0.1) is 25.9 Å². The van der Waals surface area contributed by atoms with E-state index in [1.807, 2.05) is 19.9 Å². The molecule has 0 spiro atoms. The Balaban J connectivity index is 1.63. The molecular formula is C23H32N2O7. The zero-order valence-corrected chi connectivity index (χ0v) is 18.5. The molecule has 32 heavy (non-hydrogen) atoms. The van der Waals surface area contributed by atoms with Crippen molar-refractivity contribution in [3.63, 3.8) is 0 Å². The van der Waals surface area contributed by atoms with Gasteiger partial charge in [0.2, 0.25) is 11.8 Å². The highest BCUT2D eigenvalue weighted by Gasteiger charge is 2.54. The Labute approximate surface area is 187 Å². The molecule has 1 aliphatic carbocycles. The Morgan fingerprint density at radius 1 is 1.19 bits per heavy atom. The van der Waals surface area contributed by atoms with Crippen LogP contribution < -0.4 is 10.6 Å². The average Bonchev–Trinajstić information content (AvgIpc) is 3.57. The lowest BCUT2D eigenvalue weighted by molar-refractivity contribution is -0.135. The number of nitrogens with one attached hydrogen (secondary N) is 2. The summed E-state index contributed by atoms with van der Waals surface area (Å²) in [5.74, 6) is -1.53. The molecule has 0 bridgehead atoms. The van der Waals surface area contributed by atoms with Gasteiger partial charge < -0.3 is 30.7 Å². The van der Waals surface area contributed by atoms with E-state index in [2.05, 4.69) is 10.6 Å².